The van der Waals surface area contributed by atoms with Gasteiger partial charge in [-0.25, -0.2) is 0 Å². The van der Waals surface area contributed by atoms with Crippen molar-refractivity contribution in [3.63, 3.8) is 0 Å². The number of amides is 1. The number of carbonyl (C=O) groups excluding carboxylic acids is 1. The number of unbranched alkanes of at least 4 members (excludes halogenated alkanes) is 30. The minimum atomic E-state index is 0.351. The van der Waals surface area contributed by atoms with Crippen LogP contribution in [0.25, 0.3) is 0 Å². The van der Waals surface area contributed by atoms with Crippen LogP contribution in [0.5, 0.6) is 0 Å². The number of nitrogens with zero attached hydrogens (tertiary/aromatic N) is 5. The molecule has 0 aromatic carbocycles. The molecule has 6 nitrogen and oxygen atoms in total. The van der Waals surface area contributed by atoms with Gasteiger partial charge >= 0.3 is 0 Å². The van der Waals surface area contributed by atoms with Gasteiger partial charge in [-0.2, -0.15) is 0 Å². The van der Waals surface area contributed by atoms with E-state index in [2.05, 4.69) is 59.1 Å². The van der Waals surface area contributed by atoms with Crippen molar-refractivity contribution < 1.29 is 4.79 Å². The molecule has 0 spiro atoms. The summed E-state index contributed by atoms with van der Waals surface area (Å²) in [7, 11) is 0. The van der Waals surface area contributed by atoms with Crippen molar-refractivity contribution >= 4 is 5.91 Å². The minimum Gasteiger partial charge on any atom is -0.371 e. The fraction of sp³-hybridized carbons (Fsp3) is 0.946. The van der Waals surface area contributed by atoms with Gasteiger partial charge in [0.05, 0.1) is 6.54 Å². The summed E-state index contributed by atoms with van der Waals surface area (Å²) in [5.74, 6) is 0.351. The standard InChI is InChI=1S/C56H113N5O/c1-7-12-17-22-27-32-37-42-57(43-38-33-28-23-18-13-8-2)47-48-59(46-41-36-31-26-21-16-11-5)53-55(6)60-49-51-61(52-50-60)56(62)54-58(44-39-34-29-24-19-14-9-3)45-40-35-30-25-20-15-10-4/h6-54H2,1-5H3. The number of piperazine rings is 1. The summed E-state index contributed by atoms with van der Waals surface area (Å²) in [5, 5.41) is 0. The quantitative estimate of drug-likeness (QED) is 0.0569. The molecule has 1 aliphatic rings. The molecule has 0 bridgehead atoms. The summed E-state index contributed by atoms with van der Waals surface area (Å²) >= 11 is 0. The Kier molecular flexibility index (Phi) is 42.8. The Balaban J connectivity index is 2.77. The fourth-order valence-corrected chi connectivity index (χ4v) is 9.54. The normalized spacial score (nSPS) is 13.4. The third kappa shape index (κ3) is 35.2. The second-order valence-corrected chi connectivity index (χ2v) is 19.9. The summed E-state index contributed by atoms with van der Waals surface area (Å²) in [5.41, 5.74) is 1.27. The number of hydrogen-bond donors (Lipinski definition) is 0. The lowest BCUT2D eigenvalue weighted by Crippen LogP contribution is -2.51. The van der Waals surface area contributed by atoms with Gasteiger partial charge in [0.25, 0.3) is 0 Å². The smallest absolute Gasteiger partial charge is 0.236 e. The molecule has 0 unspecified atom stereocenters. The van der Waals surface area contributed by atoms with Crippen molar-refractivity contribution in [3.05, 3.63) is 12.3 Å². The second-order valence-electron chi connectivity index (χ2n) is 19.9. The van der Waals surface area contributed by atoms with E-state index < -0.39 is 0 Å². The number of carbonyl (C=O) groups is 1. The lowest BCUT2D eigenvalue weighted by atomic mass is 10.1. The first-order valence-electron chi connectivity index (χ1n) is 28.4. The van der Waals surface area contributed by atoms with E-state index in [9.17, 15) is 4.79 Å². The Labute approximate surface area is 390 Å². The van der Waals surface area contributed by atoms with Crippen molar-refractivity contribution in [2.45, 2.75) is 259 Å². The van der Waals surface area contributed by atoms with Crippen LogP contribution in [0.4, 0.5) is 0 Å². The zero-order valence-electron chi connectivity index (χ0n) is 43.3. The predicted molar refractivity (Wildman–Crippen MR) is 277 cm³/mol. The Morgan fingerprint density at radius 1 is 0.323 bits per heavy atom. The summed E-state index contributed by atoms with van der Waals surface area (Å²) in [6, 6.07) is 0. The van der Waals surface area contributed by atoms with E-state index in [1.54, 1.807) is 0 Å². The first-order chi connectivity index (χ1) is 30.5. The molecular formula is C56H113N5O. The third-order valence-corrected chi connectivity index (χ3v) is 14.0. The first-order valence-corrected chi connectivity index (χ1v) is 28.4. The lowest BCUT2D eigenvalue weighted by Gasteiger charge is -2.39. The number of rotatable bonds is 48. The van der Waals surface area contributed by atoms with E-state index in [1.165, 1.54) is 257 Å². The van der Waals surface area contributed by atoms with Crippen LogP contribution in [0.15, 0.2) is 12.3 Å². The highest BCUT2D eigenvalue weighted by molar-refractivity contribution is 5.78. The van der Waals surface area contributed by atoms with Crippen molar-refractivity contribution in [3.8, 4) is 0 Å². The van der Waals surface area contributed by atoms with Gasteiger partial charge in [0, 0.05) is 51.5 Å². The van der Waals surface area contributed by atoms with Gasteiger partial charge in [-0.1, -0.05) is 234 Å². The van der Waals surface area contributed by atoms with Crippen LogP contribution in [0.1, 0.15) is 259 Å². The van der Waals surface area contributed by atoms with E-state index in [1.807, 2.05) is 0 Å². The molecule has 1 saturated heterocycles. The Hall–Kier alpha value is -1.11. The first kappa shape index (κ1) is 58.9. The molecule has 0 radical (unpaired) electrons. The molecule has 368 valence electrons. The summed E-state index contributed by atoms with van der Waals surface area (Å²) in [6.45, 7) is 29.6. The Bertz CT molecular complexity index is 915. The van der Waals surface area contributed by atoms with Crippen molar-refractivity contribution in [2.24, 2.45) is 0 Å². The molecule has 1 heterocycles. The molecule has 0 N–H and O–H groups in total. The lowest BCUT2D eigenvalue weighted by molar-refractivity contribution is -0.134. The van der Waals surface area contributed by atoms with Crippen LogP contribution in [-0.4, -0.2) is 115 Å². The van der Waals surface area contributed by atoms with Gasteiger partial charge in [0.2, 0.25) is 5.91 Å². The molecule has 0 aliphatic carbocycles. The highest BCUT2D eigenvalue weighted by atomic mass is 16.2. The van der Waals surface area contributed by atoms with Gasteiger partial charge in [0.1, 0.15) is 0 Å². The van der Waals surface area contributed by atoms with E-state index >= 15 is 0 Å². The SMILES string of the molecule is C=C(CN(CCCCCCCCC)CCN(CCCCCCCCC)CCCCCCCCC)N1CCN(C(=O)CN(CCCCCCCCC)CCCCCCCCC)CC1. The summed E-state index contributed by atoms with van der Waals surface area (Å²) in [6.07, 6.45) is 47.6. The van der Waals surface area contributed by atoms with Gasteiger partial charge in [-0.05, 0) is 64.8 Å². The van der Waals surface area contributed by atoms with Crippen LogP contribution < -0.4 is 0 Å². The molecule has 0 saturated carbocycles. The Morgan fingerprint density at radius 2 is 0.565 bits per heavy atom. The largest absolute Gasteiger partial charge is 0.371 e. The summed E-state index contributed by atoms with van der Waals surface area (Å²) in [4.78, 5) is 26.6. The van der Waals surface area contributed by atoms with Crippen molar-refractivity contribution in [1.82, 2.24) is 24.5 Å². The van der Waals surface area contributed by atoms with Crippen LogP contribution in [0.3, 0.4) is 0 Å². The molecule has 1 amide bonds. The van der Waals surface area contributed by atoms with E-state index in [-0.39, 0.29) is 0 Å². The molecule has 0 atom stereocenters. The molecule has 1 fully saturated rings. The van der Waals surface area contributed by atoms with Crippen LogP contribution in [0, 0.1) is 0 Å². The van der Waals surface area contributed by atoms with Crippen molar-refractivity contribution in [2.75, 3.05) is 85.1 Å². The van der Waals surface area contributed by atoms with Gasteiger partial charge in [-0.3, -0.25) is 14.6 Å². The molecule has 62 heavy (non-hydrogen) atoms. The molecule has 0 aromatic heterocycles. The predicted octanol–water partition coefficient (Wildman–Crippen LogP) is 15.3. The van der Waals surface area contributed by atoms with Gasteiger partial charge < -0.3 is 14.7 Å². The third-order valence-electron chi connectivity index (χ3n) is 14.0. The highest BCUT2D eigenvalue weighted by Crippen LogP contribution is 2.16. The molecule has 1 aliphatic heterocycles. The van der Waals surface area contributed by atoms with Crippen LogP contribution in [-0.2, 0) is 4.79 Å². The van der Waals surface area contributed by atoms with E-state index in [0.717, 1.165) is 52.4 Å². The van der Waals surface area contributed by atoms with E-state index in [0.29, 0.717) is 12.5 Å². The zero-order valence-corrected chi connectivity index (χ0v) is 43.3. The highest BCUT2D eigenvalue weighted by Gasteiger charge is 2.24. The molecule has 0 aromatic rings. The van der Waals surface area contributed by atoms with Gasteiger partial charge in [0.15, 0.2) is 0 Å². The molecule has 1 rings (SSSR count). The average Bonchev–Trinajstić information content (AvgIpc) is 3.28. The monoisotopic (exact) mass is 872 g/mol. The average molecular weight is 873 g/mol. The second kappa shape index (κ2) is 45.1. The fourth-order valence-electron chi connectivity index (χ4n) is 9.54. The van der Waals surface area contributed by atoms with E-state index in [4.69, 9.17) is 6.58 Å². The maximum Gasteiger partial charge on any atom is 0.236 e. The molecule has 6 heteroatoms. The number of hydrogen-bond acceptors (Lipinski definition) is 5. The molecular weight excluding hydrogens is 759 g/mol. The van der Waals surface area contributed by atoms with Gasteiger partial charge in [-0.15, -0.1) is 0 Å². The summed E-state index contributed by atoms with van der Waals surface area (Å²) < 4.78 is 0. The van der Waals surface area contributed by atoms with Crippen LogP contribution >= 0.6 is 0 Å². The maximum absolute atomic E-state index is 13.8. The minimum absolute atomic E-state index is 0.351. The zero-order chi connectivity index (χ0) is 45.0. The maximum atomic E-state index is 13.8. The van der Waals surface area contributed by atoms with Crippen LogP contribution in [0.2, 0.25) is 0 Å². The topological polar surface area (TPSA) is 33.3 Å². The van der Waals surface area contributed by atoms with Crippen molar-refractivity contribution in [1.29, 1.82) is 0 Å². The Morgan fingerprint density at radius 3 is 0.887 bits per heavy atom.